The van der Waals surface area contributed by atoms with Crippen molar-refractivity contribution in [3.63, 3.8) is 0 Å². The van der Waals surface area contributed by atoms with Crippen molar-refractivity contribution in [2.24, 2.45) is 5.92 Å². The van der Waals surface area contributed by atoms with E-state index in [4.69, 9.17) is 11.6 Å². The molecule has 1 saturated carbocycles. The number of rotatable bonds is 7. The van der Waals surface area contributed by atoms with Crippen molar-refractivity contribution < 1.29 is 14.7 Å². The molecular weight excluding hydrogens is 382 g/mol. The molecule has 4 nitrogen and oxygen atoms in total. The van der Waals surface area contributed by atoms with Crippen LogP contribution in [0.5, 0.6) is 0 Å². The quantitative estimate of drug-likeness (QED) is 0.593. The lowest BCUT2D eigenvalue weighted by Crippen LogP contribution is -2.27. The summed E-state index contributed by atoms with van der Waals surface area (Å²) in [7, 11) is 0. The minimum Gasteiger partial charge on any atom is -0.477 e. The molecule has 0 unspecified atom stereocenters. The summed E-state index contributed by atoms with van der Waals surface area (Å²) in [6.07, 6.45) is 7.51. The van der Waals surface area contributed by atoms with Crippen LogP contribution in [0.1, 0.15) is 43.4 Å². The first kappa shape index (κ1) is 19.6. The van der Waals surface area contributed by atoms with Gasteiger partial charge in [0.1, 0.15) is 5.70 Å². The Kier molecular flexibility index (Phi) is 6.69. The standard InChI is InChI=1S/C21H22ClNO3S/c22-17-8-4-3-7-16(17)19-11-10-15(27-19)13-18(21(25)26)23-20(24)12-9-14-5-1-2-6-14/h3-4,7-8,10-11,13-14H,1-2,5-6,9,12H2,(H,23,24)(H,25,26)/b18-13-. The van der Waals surface area contributed by atoms with Gasteiger partial charge < -0.3 is 10.4 Å². The average molecular weight is 404 g/mol. The van der Waals surface area contributed by atoms with Gasteiger partial charge >= 0.3 is 5.97 Å². The lowest BCUT2D eigenvalue weighted by molar-refractivity contribution is -0.134. The highest BCUT2D eigenvalue weighted by Crippen LogP contribution is 2.34. The predicted octanol–water partition coefficient (Wildman–Crippen LogP) is 5.58. The fourth-order valence-electron chi connectivity index (χ4n) is 3.38. The molecule has 1 fully saturated rings. The van der Waals surface area contributed by atoms with Crippen LogP contribution in [0.2, 0.25) is 5.02 Å². The molecule has 1 aliphatic rings. The number of aliphatic carboxylic acids is 1. The summed E-state index contributed by atoms with van der Waals surface area (Å²) >= 11 is 7.65. The van der Waals surface area contributed by atoms with Crippen LogP contribution >= 0.6 is 22.9 Å². The summed E-state index contributed by atoms with van der Waals surface area (Å²) < 4.78 is 0. The number of benzene rings is 1. The number of carboxylic acids is 1. The summed E-state index contributed by atoms with van der Waals surface area (Å²) in [6, 6.07) is 11.2. The molecule has 1 aliphatic carbocycles. The zero-order chi connectivity index (χ0) is 19.2. The molecule has 6 heteroatoms. The molecule has 2 aromatic rings. The molecule has 1 aromatic heterocycles. The Labute approximate surface area is 167 Å². The Morgan fingerprint density at radius 2 is 1.93 bits per heavy atom. The number of halogens is 1. The number of carboxylic acid groups (broad SMARTS) is 1. The van der Waals surface area contributed by atoms with Crippen LogP contribution < -0.4 is 5.32 Å². The molecule has 3 rings (SSSR count). The molecule has 0 bridgehead atoms. The van der Waals surface area contributed by atoms with Crippen LogP contribution in [-0.4, -0.2) is 17.0 Å². The Morgan fingerprint density at radius 1 is 1.19 bits per heavy atom. The van der Waals surface area contributed by atoms with Crippen molar-refractivity contribution in [3.05, 3.63) is 52.0 Å². The Balaban J connectivity index is 1.67. The van der Waals surface area contributed by atoms with E-state index in [1.807, 2.05) is 36.4 Å². The predicted molar refractivity (Wildman–Crippen MR) is 110 cm³/mol. The van der Waals surface area contributed by atoms with E-state index in [0.717, 1.165) is 21.7 Å². The van der Waals surface area contributed by atoms with Crippen molar-refractivity contribution in [1.82, 2.24) is 5.32 Å². The second-order valence-corrected chi connectivity index (χ2v) is 8.30. The monoisotopic (exact) mass is 403 g/mol. The largest absolute Gasteiger partial charge is 0.477 e. The summed E-state index contributed by atoms with van der Waals surface area (Å²) in [5, 5.41) is 12.6. The van der Waals surface area contributed by atoms with E-state index in [1.54, 1.807) is 0 Å². The van der Waals surface area contributed by atoms with E-state index in [9.17, 15) is 14.7 Å². The molecule has 0 aliphatic heterocycles. The molecule has 0 saturated heterocycles. The number of nitrogens with one attached hydrogen (secondary N) is 1. The van der Waals surface area contributed by atoms with Crippen LogP contribution in [0, 0.1) is 5.92 Å². The Morgan fingerprint density at radius 3 is 2.63 bits per heavy atom. The highest BCUT2D eigenvalue weighted by molar-refractivity contribution is 7.16. The highest BCUT2D eigenvalue weighted by atomic mass is 35.5. The van der Waals surface area contributed by atoms with Gasteiger partial charge in [-0.1, -0.05) is 55.5 Å². The van der Waals surface area contributed by atoms with Gasteiger partial charge in [0.05, 0.1) is 0 Å². The van der Waals surface area contributed by atoms with Gasteiger partial charge in [0.15, 0.2) is 0 Å². The third-order valence-electron chi connectivity index (χ3n) is 4.81. The SMILES string of the molecule is O=C(CCC1CCCC1)N/C(=C\c1ccc(-c2ccccc2Cl)s1)C(=O)O. The van der Waals surface area contributed by atoms with Crippen molar-refractivity contribution in [2.75, 3.05) is 0 Å². The van der Waals surface area contributed by atoms with E-state index in [0.29, 0.717) is 17.4 Å². The molecule has 27 heavy (non-hydrogen) atoms. The second-order valence-electron chi connectivity index (χ2n) is 6.78. The lowest BCUT2D eigenvalue weighted by atomic mass is 10.0. The minimum absolute atomic E-state index is 0.0982. The third-order valence-corrected chi connectivity index (χ3v) is 6.21. The number of carbonyl (C=O) groups excluding carboxylic acids is 1. The van der Waals surface area contributed by atoms with Crippen molar-refractivity contribution in [1.29, 1.82) is 0 Å². The zero-order valence-electron chi connectivity index (χ0n) is 14.9. The first-order valence-electron chi connectivity index (χ1n) is 9.12. The van der Waals surface area contributed by atoms with Gasteiger partial charge in [-0.2, -0.15) is 0 Å². The fourth-order valence-corrected chi connectivity index (χ4v) is 4.66. The molecule has 1 heterocycles. The fraction of sp³-hybridized carbons (Fsp3) is 0.333. The summed E-state index contributed by atoms with van der Waals surface area (Å²) in [5.74, 6) is -0.779. The van der Waals surface area contributed by atoms with Crippen LogP contribution in [0.4, 0.5) is 0 Å². The normalized spacial score (nSPS) is 15.1. The summed E-state index contributed by atoms with van der Waals surface area (Å²) in [6.45, 7) is 0. The summed E-state index contributed by atoms with van der Waals surface area (Å²) in [4.78, 5) is 25.4. The first-order chi connectivity index (χ1) is 13.0. The number of thiophene rings is 1. The molecule has 1 amide bonds. The maximum Gasteiger partial charge on any atom is 0.352 e. The van der Waals surface area contributed by atoms with Crippen LogP contribution in [-0.2, 0) is 9.59 Å². The zero-order valence-corrected chi connectivity index (χ0v) is 16.5. The van der Waals surface area contributed by atoms with Crippen molar-refractivity contribution >= 4 is 40.9 Å². The highest BCUT2D eigenvalue weighted by Gasteiger charge is 2.18. The summed E-state index contributed by atoms with van der Waals surface area (Å²) in [5.41, 5.74) is 0.806. The van der Waals surface area contributed by atoms with Crippen molar-refractivity contribution in [2.45, 2.75) is 38.5 Å². The lowest BCUT2D eigenvalue weighted by Gasteiger charge is -2.09. The molecular formula is C21H22ClNO3S. The van der Waals surface area contributed by atoms with Gasteiger partial charge in [0.25, 0.3) is 0 Å². The second kappa shape index (κ2) is 9.20. The van der Waals surface area contributed by atoms with E-state index in [1.165, 1.54) is 43.1 Å². The van der Waals surface area contributed by atoms with E-state index in [-0.39, 0.29) is 11.6 Å². The number of carbonyl (C=O) groups is 2. The topological polar surface area (TPSA) is 66.4 Å². The van der Waals surface area contributed by atoms with Gasteiger partial charge in [-0.05, 0) is 36.6 Å². The van der Waals surface area contributed by atoms with E-state index >= 15 is 0 Å². The van der Waals surface area contributed by atoms with Gasteiger partial charge in [-0.3, -0.25) is 4.79 Å². The van der Waals surface area contributed by atoms with Crippen molar-refractivity contribution in [3.8, 4) is 10.4 Å². The number of hydrogen-bond acceptors (Lipinski definition) is 3. The van der Waals surface area contributed by atoms with Crippen LogP contribution in [0.15, 0.2) is 42.1 Å². The van der Waals surface area contributed by atoms with Gasteiger partial charge in [-0.25, -0.2) is 4.79 Å². The van der Waals surface area contributed by atoms with Crippen LogP contribution in [0.3, 0.4) is 0 Å². The average Bonchev–Trinajstić information content (AvgIpc) is 3.31. The molecule has 0 atom stereocenters. The van der Waals surface area contributed by atoms with E-state index < -0.39 is 5.97 Å². The first-order valence-corrected chi connectivity index (χ1v) is 10.3. The maximum atomic E-state index is 12.1. The third kappa shape index (κ3) is 5.44. The number of hydrogen-bond donors (Lipinski definition) is 2. The molecule has 2 N–H and O–H groups in total. The minimum atomic E-state index is -1.14. The van der Waals surface area contributed by atoms with E-state index in [2.05, 4.69) is 5.32 Å². The van der Waals surface area contributed by atoms with Gasteiger partial charge in [-0.15, -0.1) is 11.3 Å². The van der Waals surface area contributed by atoms with Gasteiger partial charge in [0, 0.05) is 26.8 Å². The molecule has 1 aromatic carbocycles. The maximum absolute atomic E-state index is 12.1. The smallest absolute Gasteiger partial charge is 0.352 e. The van der Waals surface area contributed by atoms with Gasteiger partial charge in [0.2, 0.25) is 5.91 Å². The molecule has 142 valence electrons. The Bertz CT molecular complexity index is 853. The number of amides is 1. The Hall–Kier alpha value is -2.11. The molecule has 0 spiro atoms. The van der Waals surface area contributed by atoms with Crippen LogP contribution in [0.25, 0.3) is 16.5 Å². The molecule has 0 radical (unpaired) electrons.